The van der Waals surface area contributed by atoms with Gasteiger partial charge in [-0.1, -0.05) is 39.7 Å². The van der Waals surface area contributed by atoms with E-state index in [0.717, 1.165) is 21.8 Å². The number of carbonyl (C=O) groups is 1. The van der Waals surface area contributed by atoms with Gasteiger partial charge in [-0.2, -0.15) is 0 Å². The number of halogens is 2. The third-order valence-corrected chi connectivity index (χ3v) is 4.75. The van der Waals surface area contributed by atoms with Gasteiger partial charge in [-0.25, -0.2) is 0 Å². The summed E-state index contributed by atoms with van der Waals surface area (Å²) < 4.78 is 0.982. The summed E-state index contributed by atoms with van der Waals surface area (Å²) >= 11 is 10.4. The molecule has 0 saturated carbocycles. The lowest BCUT2D eigenvalue weighted by molar-refractivity contribution is -0.113. The first-order chi connectivity index (χ1) is 10.5. The van der Waals surface area contributed by atoms with Crippen molar-refractivity contribution >= 4 is 62.1 Å². The van der Waals surface area contributed by atoms with Crippen molar-refractivity contribution in [3.8, 4) is 0 Å². The summed E-state index contributed by atoms with van der Waals surface area (Å²) in [6, 6.07) is 14.5. The van der Waals surface area contributed by atoms with Crippen LogP contribution < -0.4 is 4.90 Å². The summed E-state index contributed by atoms with van der Waals surface area (Å²) in [6.07, 6.45) is 1.80. The van der Waals surface area contributed by atoms with E-state index >= 15 is 0 Å². The fourth-order valence-corrected chi connectivity index (χ4v) is 3.27. The summed E-state index contributed by atoms with van der Waals surface area (Å²) in [6.45, 7) is 0. The van der Waals surface area contributed by atoms with Gasteiger partial charge in [-0.3, -0.25) is 15.1 Å². The standard InChI is InChI=1S/C16H10BrClN2OS/c17-11-3-1-10(2-4-11)9-14-15(21)20(16(19)22-14)13-7-5-12(18)6-8-13/h1-9,19H/b14-9-,19-16?. The summed E-state index contributed by atoms with van der Waals surface area (Å²) in [5.41, 5.74) is 1.57. The van der Waals surface area contributed by atoms with Gasteiger partial charge in [0, 0.05) is 9.50 Å². The van der Waals surface area contributed by atoms with Crippen LogP contribution in [-0.4, -0.2) is 11.1 Å². The van der Waals surface area contributed by atoms with Crippen LogP contribution in [0.3, 0.4) is 0 Å². The monoisotopic (exact) mass is 392 g/mol. The summed E-state index contributed by atoms with van der Waals surface area (Å²) in [4.78, 5) is 14.4. The zero-order chi connectivity index (χ0) is 15.7. The fraction of sp³-hybridized carbons (Fsp3) is 0. The van der Waals surface area contributed by atoms with E-state index in [2.05, 4.69) is 15.9 Å². The third kappa shape index (κ3) is 3.11. The lowest BCUT2D eigenvalue weighted by Gasteiger charge is -2.14. The van der Waals surface area contributed by atoms with Crippen LogP contribution in [0.15, 0.2) is 57.9 Å². The van der Waals surface area contributed by atoms with E-state index in [1.165, 1.54) is 4.90 Å². The maximum absolute atomic E-state index is 12.5. The highest BCUT2D eigenvalue weighted by atomic mass is 79.9. The highest BCUT2D eigenvalue weighted by Crippen LogP contribution is 2.35. The predicted octanol–water partition coefficient (Wildman–Crippen LogP) is 5.16. The van der Waals surface area contributed by atoms with Gasteiger partial charge < -0.3 is 0 Å². The molecule has 1 fully saturated rings. The van der Waals surface area contributed by atoms with Crippen LogP contribution >= 0.6 is 39.3 Å². The van der Waals surface area contributed by atoms with Crippen molar-refractivity contribution in [1.29, 1.82) is 5.41 Å². The first-order valence-corrected chi connectivity index (χ1v) is 8.37. The van der Waals surface area contributed by atoms with E-state index in [0.29, 0.717) is 15.6 Å². The second-order valence-electron chi connectivity index (χ2n) is 4.58. The van der Waals surface area contributed by atoms with Crippen molar-refractivity contribution in [1.82, 2.24) is 0 Å². The summed E-state index contributed by atoms with van der Waals surface area (Å²) in [5.74, 6) is -0.194. The molecule has 1 heterocycles. The molecule has 0 spiro atoms. The van der Waals surface area contributed by atoms with E-state index in [1.807, 2.05) is 24.3 Å². The second kappa shape index (κ2) is 6.28. The minimum absolute atomic E-state index is 0.190. The molecule has 0 aromatic heterocycles. The molecular formula is C16H10BrClN2OS. The lowest BCUT2D eigenvalue weighted by atomic mass is 10.2. The van der Waals surface area contributed by atoms with Crippen LogP contribution in [0, 0.1) is 5.41 Å². The van der Waals surface area contributed by atoms with Crippen LogP contribution in [0.1, 0.15) is 5.56 Å². The Morgan fingerprint density at radius 2 is 1.73 bits per heavy atom. The minimum Gasteiger partial charge on any atom is -0.278 e. The molecule has 0 unspecified atom stereocenters. The topological polar surface area (TPSA) is 44.2 Å². The van der Waals surface area contributed by atoms with Crippen molar-refractivity contribution in [3.05, 3.63) is 68.5 Å². The molecule has 3 nitrogen and oxygen atoms in total. The van der Waals surface area contributed by atoms with Gasteiger partial charge in [0.05, 0.1) is 10.6 Å². The summed E-state index contributed by atoms with van der Waals surface area (Å²) in [5, 5.41) is 8.83. The lowest BCUT2D eigenvalue weighted by Crippen LogP contribution is -2.27. The molecule has 6 heteroatoms. The Labute approximate surface area is 145 Å². The number of carbonyl (C=O) groups excluding carboxylic acids is 1. The fourth-order valence-electron chi connectivity index (χ4n) is 2.02. The molecule has 22 heavy (non-hydrogen) atoms. The third-order valence-electron chi connectivity index (χ3n) is 3.08. The van der Waals surface area contributed by atoms with Gasteiger partial charge in [-0.05, 0) is 59.8 Å². The first-order valence-electron chi connectivity index (χ1n) is 6.38. The maximum Gasteiger partial charge on any atom is 0.271 e. The Balaban J connectivity index is 1.91. The molecule has 1 aliphatic rings. The van der Waals surface area contributed by atoms with Crippen LogP contribution in [-0.2, 0) is 4.79 Å². The van der Waals surface area contributed by atoms with E-state index in [9.17, 15) is 4.79 Å². The Bertz CT molecular complexity index is 772. The molecule has 0 aliphatic carbocycles. The minimum atomic E-state index is -0.194. The smallest absolute Gasteiger partial charge is 0.271 e. The Hall–Kier alpha value is -1.56. The first kappa shape index (κ1) is 15.3. The molecule has 2 aromatic carbocycles. The van der Waals surface area contributed by atoms with Crippen LogP contribution in [0.2, 0.25) is 5.02 Å². The van der Waals surface area contributed by atoms with Crippen molar-refractivity contribution in [2.75, 3.05) is 4.90 Å². The molecule has 0 atom stereocenters. The molecule has 0 radical (unpaired) electrons. The van der Waals surface area contributed by atoms with Crippen LogP contribution in [0.5, 0.6) is 0 Å². The van der Waals surface area contributed by atoms with Gasteiger partial charge in [0.1, 0.15) is 0 Å². The number of amides is 1. The van der Waals surface area contributed by atoms with Gasteiger partial charge in [0.25, 0.3) is 5.91 Å². The molecule has 110 valence electrons. The van der Waals surface area contributed by atoms with Crippen molar-refractivity contribution < 1.29 is 4.79 Å². The number of thioether (sulfide) groups is 1. The normalized spacial score (nSPS) is 16.6. The molecule has 2 aromatic rings. The van der Waals surface area contributed by atoms with Crippen molar-refractivity contribution in [2.45, 2.75) is 0 Å². The Morgan fingerprint density at radius 1 is 1.09 bits per heavy atom. The van der Waals surface area contributed by atoms with E-state index < -0.39 is 0 Å². The Morgan fingerprint density at radius 3 is 2.36 bits per heavy atom. The van der Waals surface area contributed by atoms with E-state index in [1.54, 1.807) is 30.3 Å². The maximum atomic E-state index is 12.5. The average Bonchev–Trinajstić information content (AvgIpc) is 2.77. The highest BCUT2D eigenvalue weighted by molar-refractivity contribution is 9.10. The number of hydrogen-bond acceptors (Lipinski definition) is 3. The van der Waals surface area contributed by atoms with Crippen molar-refractivity contribution in [3.63, 3.8) is 0 Å². The van der Waals surface area contributed by atoms with Crippen molar-refractivity contribution in [2.24, 2.45) is 0 Å². The molecule has 1 N–H and O–H groups in total. The largest absolute Gasteiger partial charge is 0.278 e. The van der Waals surface area contributed by atoms with Gasteiger partial charge in [0.2, 0.25) is 0 Å². The molecular weight excluding hydrogens is 384 g/mol. The molecule has 0 bridgehead atoms. The van der Waals surface area contributed by atoms with Crippen LogP contribution in [0.25, 0.3) is 6.08 Å². The number of rotatable bonds is 2. The molecule has 3 rings (SSSR count). The van der Waals surface area contributed by atoms with Crippen LogP contribution in [0.4, 0.5) is 5.69 Å². The van der Waals surface area contributed by atoms with E-state index in [4.69, 9.17) is 17.0 Å². The quantitative estimate of drug-likeness (QED) is 0.716. The predicted molar refractivity (Wildman–Crippen MR) is 96.4 cm³/mol. The highest BCUT2D eigenvalue weighted by Gasteiger charge is 2.33. The average molecular weight is 394 g/mol. The summed E-state index contributed by atoms with van der Waals surface area (Å²) in [7, 11) is 0. The number of benzene rings is 2. The van der Waals surface area contributed by atoms with Gasteiger partial charge in [-0.15, -0.1) is 0 Å². The van der Waals surface area contributed by atoms with Gasteiger partial charge in [0.15, 0.2) is 5.17 Å². The number of amidine groups is 1. The Kier molecular flexibility index (Phi) is 4.38. The molecule has 1 aliphatic heterocycles. The number of hydrogen-bond donors (Lipinski definition) is 1. The molecule has 1 saturated heterocycles. The number of nitrogens with one attached hydrogen (secondary N) is 1. The number of anilines is 1. The molecule has 1 amide bonds. The number of nitrogens with zero attached hydrogens (tertiary/aromatic N) is 1. The van der Waals surface area contributed by atoms with E-state index in [-0.39, 0.29) is 11.1 Å². The van der Waals surface area contributed by atoms with Gasteiger partial charge >= 0.3 is 0 Å². The SMILES string of the molecule is N=C1S/C(=C\c2ccc(Br)cc2)C(=O)N1c1ccc(Cl)cc1. The second-order valence-corrected chi connectivity index (χ2v) is 6.97. The zero-order valence-electron chi connectivity index (χ0n) is 11.2. The zero-order valence-corrected chi connectivity index (χ0v) is 14.4.